The van der Waals surface area contributed by atoms with Crippen LogP contribution in [0, 0.1) is 5.92 Å². The number of rotatable bonds is 8. The number of hydrogen-bond donors (Lipinski definition) is 0. The van der Waals surface area contributed by atoms with Gasteiger partial charge in [-0.1, -0.05) is 42.5 Å². The summed E-state index contributed by atoms with van der Waals surface area (Å²) in [5.74, 6) is 2.44. The van der Waals surface area contributed by atoms with Crippen molar-refractivity contribution in [2.75, 3.05) is 39.4 Å². The van der Waals surface area contributed by atoms with Gasteiger partial charge >= 0.3 is 6.09 Å². The molecule has 0 aromatic heterocycles. The Labute approximate surface area is 222 Å². The van der Waals surface area contributed by atoms with Crippen molar-refractivity contribution in [3.8, 4) is 11.5 Å². The SMILES string of the molecule is O=C1OC[C@H](Cc2ccccc2)N1CCCC1CCN(C[C@H]2COc3ccccc3O2)CC1.S.S. The van der Waals surface area contributed by atoms with Crippen LogP contribution in [0.1, 0.15) is 31.2 Å². The molecule has 2 fully saturated rings. The van der Waals surface area contributed by atoms with Crippen LogP contribution in [0.5, 0.6) is 11.5 Å². The minimum Gasteiger partial charge on any atom is -0.486 e. The van der Waals surface area contributed by atoms with E-state index in [1.165, 1.54) is 24.8 Å². The van der Waals surface area contributed by atoms with E-state index in [-0.39, 0.29) is 45.2 Å². The highest BCUT2D eigenvalue weighted by molar-refractivity contribution is 7.59. The molecule has 2 saturated heterocycles. The molecule has 3 aliphatic rings. The van der Waals surface area contributed by atoms with Gasteiger partial charge in [-0.15, -0.1) is 0 Å². The van der Waals surface area contributed by atoms with Gasteiger partial charge in [0.15, 0.2) is 11.5 Å². The van der Waals surface area contributed by atoms with Crippen LogP contribution < -0.4 is 9.47 Å². The van der Waals surface area contributed by atoms with Crippen LogP contribution in [0.3, 0.4) is 0 Å². The highest BCUT2D eigenvalue weighted by Crippen LogP contribution is 2.31. The lowest BCUT2D eigenvalue weighted by molar-refractivity contribution is 0.0469. The van der Waals surface area contributed by atoms with Crippen LogP contribution in [-0.2, 0) is 11.2 Å². The van der Waals surface area contributed by atoms with Crippen LogP contribution in [-0.4, -0.2) is 67.4 Å². The first-order chi connectivity index (χ1) is 16.2. The normalized spacial score (nSPS) is 22.2. The maximum Gasteiger partial charge on any atom is 0.410 e. The predicted molar refractivity (Wildman–Crippen MR) is 148 cm³/mol. The highest BCUT2D eigenvalue weighted by atomic mass is 32.1. The maximum atomic E-state index is 12.2. The Morgan fingerprint density at radius 3 is 2.34 bits per heavy atom. The molecule has 35 heavy (non-hydrogen) atoms. The largest absolute Gasteiger partial charge is 0.486 e. The number of likely N-dealkylation sites (tertiary alicyclic amines) is 1. The molecule has 5 rings (SSSR count). The van der Waals surface area contributed by atoms with E-state index in [0.717, 1.165) is 56.4 Å². The summed E-state index contributed by atoms with van der Waals surface area (Å²) in [4.78, 5) is 16.7. The van der Waals surface area contributed by atoms with Crippen LogP contribution in [0.2, 0.25) is 0 Å². The van der Waals surface area contributed by atoms with Gasteiger partial charge in [0.25, 0.3) is 0 Å². The highest BCUT2D eigenvalue weighted by Gasteiger charge is 2.33. The lowest BCUT2D eigenvalue weighted by atomic mass is 9.92. The summed E-state index contributed by atoms with van der Waals surface area (Å²) in [6, 6.07) is 18.4. The molecule has 192 valence electrons. The lowest BCUT2D eigenvalue weighted by Gasteiger charge is -2.35. The van der Waals surface area contributed by atoms with E-state index < -0.39 is 0 Å². The van der Waals surface area contributed by atoms with Crippen LogP contribution in [0.25, 0.3) is 0 Å². The molecule has 2 atom stereocenters. The van der Waals surface area contributed by atoms with E-state index >= 15 is 0 Å². The van der Waals surface area contributed by atoms with Gasteiger partial charge in [-0.25, -0.2) is 4.79 Å². The van der Waals surface area contributed by atoms with E-state index in [2.05, 4.69) is 29.2 Å². The summed E-state index contributed by atoms with van der Waals surface area (Å²) in [6.07, 6.45) is 5.45. The van der Waals surface area contributed by atoms with Gasteiger partial charge in [0.05, 0.1) is 6.04 Å². The van der Waals surface area contributed by atoms with Crippen molar-refractivity contribution in [1.82, 2.24) is 9.80 Å². The average molecular weight is 519 g/mol. The Balaban J connectivity index is 0.00000171. The van der Waals surface area contributed by atoms with Crippen molar-refractivity contribution in [2.45, 2.75) is 44.2 Å². The Hall–Kier alpha value is -2.03. The molecule has 0 spiro atoms. The van der Waals surface area contributed by atoms with E-state index in [0.29, 0.717) is 13.2 Å². The van der Waals surface area contributed by atoms with E-state index in [1.54, 1.807) is 0 Å². The molecule has 0 bridgehead atoms. The maximum absolute atomic E-state index is 12.2. The van der Waals surface area contributed by atoms with Gasteiger partial charge in [0.1, 0.15) is 19.3 Å². The number of fused-ring (bicyclic) bond motifs is 1. The summed E-state index contributed by atoms with van der Waals surface area (Å²) >= 11 is 0. The molecule has 2 aromatic carbocycles. The second-order valence-corrected chi connectivity index (χ2v) is 9.50. The van der Waals surface area contributed by atoms with Gasteiger partial charge < -0.3 is 19.1 Å². The zero-order chi connectivity index (χ0) is 22.5. The number of cyclic esters (lactones) is 1. The standard InChI is InChI=1S/C27H34N2O4.2H2S/c30-27-29(23(19-32-27)17-22-7-2-1-3-8-22)14-6-9-21-12-15-28(16-13-21)18-24-20-31-25-10-4-5-11-26(25)33-24;;/h1-5,7-8,10-11,21,23-24H,6,9,12-20H2;2*1H2/t23-,24-;;/m0../s1. The molecule has 1 amide bonds. The summed E-state index contributed by atoms with van der Waals surface area (Å²) in [7, 11) is 0. The number of carbonyl (C=O) groups is 1. The second kappa shape index (κ2) is 13.3. The number of amides is 1. The Kier molecular flexibility index (Phi) is 10.5. The first-order valence-electron chi connectivity index (χ1n) is 12.3. The summed E-state index contributed by atoms with van der Waals surface area (Å²) in [5.41, 5.74) is 1.26. The van der Waals surface area contributed by atoms with Crippen molar-refractivity contribution in [3.05, 3.63) is 60.2 Å². The quantitative estimate of drug-likeness (QED) is 0.511. The monoisotopic (exact) mass is 518 g/mol. The molecule has 8 heteroatoms. The van der Waals surface area contributed by atoms with Crippen LogP contribution in [0.4, 0.5) is 4.79 Å². The number of carbonyl (C=O) groups excluding carboxylic acids is 1. The number of ether oxygens (including phenoxy) is 3. The van der Waals surface area contributed by atoms with Gasteiger partial charge in [0, 0.05) is 13.1 Å². The van der Waals surface area contributed by atoms with Gasteiger partial charge in [0.2, 0.25) is 0 Å². The van der Waals surface area contributed by atoms with E-state index in [1.807, 2.05) is 35.2 Å². The number of benzene rings is 2. The van der Waals surface area contributed by atoms with Crippen molar-refractivity contribution in [3.63, 3.8) is 0 Å². The molecule has 0 aliphatic carbocycles. The topological polar surface area (TPSA) is 51.2 Å². The predicted octanol–water partition coefficient (Wildman–Crippen LogP) is 4.61. The van der Waals surface area contributed by atoms with E-state index in [9.17, 15) is 4.79 Å². The molecule has 2 aromatic rings. The molecule has 0 N–H and O–H groups in total. The summed E-state index contributed by atoms with van der Waals surface area (Å²) in [6.45, 7) is 5.05. The fourth-order valence-corrected chi connectivity index (χ4v) is 5.27. The van der Waals surface area contributed by atoms with Crippen LogP contribution in [0.15, 0.2) is 54.6 Å². The van der Waals surface area contributed by atoms with Crippen molar-refractivity contribution < 1.29 is 19.0 Å². The van der Waals surface area contributed by atoms with Gasteiger partial charge in [-0.2, -0.15) is 27.0 Å². The van der Waals surface area contributed by atoms with Crippen LogP contribution >= 0.6 is 27.0 Å². The average Bonchev–Trinajstić information content (AvgIpc) is 3.19. The van der Waals surface area contributed by atoms with Crippen molar-refractivity contribution >= 4 is 33.1 Å². The Morgan fingerprint density at radius 2 is 1.57 bits per heavy atom. The number of hydrogen-bond acceptors (Lipinski definition) is 5. The minimum atomic E-state index is -0.151. The zero-order valence-electron chi connectivity index (χ0n) is 20.2. The third-order valence-electron chi connectivity index (χ3n) is 7.14. The van der Waals surface area contributed by atoms with Crippen molar-refractivity contribution in [2.24, 2.45) is 5.92 Å². The third-order valence-corrected chi connectivity index (χ3v) is 7.14. The lowest BCUT2D eigenvalue weighted by Crippen LogP contribution is -2.44. The second-order valence-electron chi connectivity index (χ2n) is 9.50. The van der Waals surface area contributed by atoms with Gasteiger partial charge in [-0.05, 0) is 68.8 Å². The third kappa shape index (κ3) is 7.24. The number of para-hydroxylation sites is 2. The zero-order valence-corrected chi connectivity index (χ0v) is 22.2. The van der Waals surface area contributed by atoms with Gasteiger partial charge in [-0.3, -0.25) is 4.90 Å². The Bertz CT molecular complexity index is 924. The molecule has 3 aliphatic heterocycles. The molecular weight excluding hydrogens is 480 g/mol. The fourth-order valence-electron chi connectivity index (χ4n) is 5.27. The molecule has 6 nitrogen and oxygen atoms in total. The summed E-state index contributed by atoms with van der Waals surface area (Å²) in [5, 5.41) is 0. The molecular formula is C27H38N2O4S2. The van der Waals surface area contributed by atoms with Crippen molar-refractivity contribution in [1.29, 1.82) is 0 Å². The first-order valence-corrected chi connectivity index (χ1v) is 12.3. The number of piperidine rings is 1. The molecule has 0 radical (unpaired) electrons. The Morgan fingerprint density at radius 1 is 0.857 bits per heavy atom. The summed E-state index contributed by atoms with van der Waals surface area (Å²) < 4.78 is 17.4. The van der Waals surface area contributed by atoms with E-state index in [4.69, 9.17) is 14.2 Å². The molecule has 0 saturated carbocycles. The minimum absolute atomic E-state index is 0. The molecule has 3 heterocycles. The fraction of sp³-hybridized carbons (Fsp3) is 0.519. The number of nitrogens with zero attached hydrogens (tertiary/aromatic N) is 2. The first kappa shape index (κ1) is 27.6. The smallest absolute Gasteiger partial charge is 0.410 e. The molecule has 0 unspecified atom stereocenters.